The molecule has 0 aliphatic rings. The molecule has 146 valence electrons. The van der Waals surface area contributed by atoms with Crippen molar-refractivity contribution in [3.63, 3.8) is 0 Å². The van der Waals surface area contributed by atoms with Gasteiger partial charge in [-0.15, -0.1) is 0 Å². The molecule has 0 radical (unpaired) electrons. The topological polar surface area (TPSA) is 113 Å². The standard InChI is InChI=1S/C21H19N5O3/c1-13(27)15-3-5-18(6-4-15)25-20(29)16-11-22-21(23-12-16)26-19-9-7-17(8-10-19)24-14(2)28/h3-12H,1-2H3,(H,24,28)(H,25,29)(H,22,23,26). The van der Waals surface area contributed by atoms with Crippen molar-refractivity contribution in [2.75, 3.05) is 16.0 Å². The third-order valence-corrected chi connectivity index (χ3v) is 3.92. The first-order valence-corrected chi connectivity index (χ1v) is 8.80. The number of nitrogens with zero attached hydrogens (tertiary/aromatic N) is 2. The third kappa shape index (κ3) is 5.46. The second-order valence-corrected chi connectivity index (χ2v) is 6.27. The van der Waals surface area contributed by atoms with Crippen LogP contribution < -0.4 is 16.0 Å². The van der Waals surface area contributed by atoms with E-state index >= 15 is 0 Å². The second-order valence-electron chi connectivity index (χ2n) is 6.27. The molecule has 2 amide bonds. The van der Waals surface area contributed by atoms with E-state index in [0.717, 1.165) is 5.69 Å². The van der Waals surface area contributed by atoms with E-state index in [9.17, 15) is 14.4 Å². The van der Waals surface area contributed by atoms with Gasteiger partial charge in [0, 0.05) is 41.9 Å². The van der Waals surface area contributed by atoms with Gasteiger partial charge < -0.3 is 16.0 Å². The zero-order chi connectivity index (χ0) is 20.8. The summed E-state index contributed by atoms with van der Waals surface area (Å²) in [5.41, 5.74) is 2.87. The van der Waals surface area contributed by atoms with Gasteiger partial charge in [-0.1, -0.05) is 0 Å². The van der Waals surface area contributed by atoms with Gasteiger partial charge in [0.15, 0.2) is 5.78 Å². The molecule has 0 spiro atoms. The lowest BCUT2D eigenvalue weighted by molar-refractivity contribution is -0.114. The van der Waals surface area contributed by atoms with Crippen molar-refractivity contribution in [3.8, 4) is 0 Å². The van der Waals surface area contributed by atoms with E-state index in [1.165, 1.54) is 26.2 Å². The SMILES string of the molecule is CC(=O)Nc1ccc(Nc2ncc(C(=O)Nc3ccc(C(C)=O)cc3)cn2)cc1. The summed E-state index contributed by atoms with van der Waals surface area (Å²) < 4.78 is 0. The lowest BCUT2D eigenvalue weighted by Gasteiger charge is -2.08. The lowest BCUT2D eigenvalue weighted by Crippen LogP contribution is -2.13. The fourth-order valence-corrected chi connectivity index (χ4v) is 2.47. The first kappa shape index (κ1) is 19.7. The first-order valence-electron chi connectivity index (χ1n) is 8.80. The Kier molecular flexibility index (Phi) is 5.94. The highest BCUT2D eigenvalue weighted by Crippen LogP contribution is 2.17. The minimum Gasteiger partial charge on any atom is -0.326 e. The van der Waals surface area contributed by atoms with Crippen LogP contribution in [0.5, 0.6) is 0 Å². The Balaban J connectivity index is 1.61. The second kappa shape index (κ2) is 8.75. The maximum atomic E-state index is 12.3. The van der Waals surface area contributed by atoms with Crippen molar-refractivity contribution >= 4 is 40.6 Å². The molecule has 0 aliphatic heterocycles. The van der Waals surface area contributed by atoms with Crippen molar-refractivity contribution in [1.82, 2.24) is 9.97 Å². The van der Waals surface area contributed by atoms with Crippen LogP contribution in [0.2, 0.25) is 0 Å². The van der Waals surface area contributed by atoms with Gasteiger partial charge in [-0.3, -0.25) is 14.4 Å². The molecule has 1 aromatic heterocycles. The van der Waals surface area contributed by atoms with E-state index < -0.39 is 0 Å². The molecule has 29 heavy (non-hydrogen) atoms. The molecule has 3 rings (SSSR count). The number of carbonyl (C=O) groups excluding carboxylic acids is 3. The fraction of sp³-hybridized carbons (Fsp3) is 0.0952. The zero-order valence-corrected chi connectivity index (χ0v) is 15.9. The number of anilines is 4. The van der Waals surface area contributed by atoms with Crippen LogP contribution in [0.3, 0.4) is 0 Å². The monoisotopic (exact) mass is 389 g/mol. The molecule has 0 unspecified atom stereocenters. The molecule has 1 heterocycles. The number of nitrogens with one attached hydrogen (secondary N) is 3. The number of hydrogen-bond acceptors (Lipinski definition) is 6. The van der Waals surface area contributed by atoms with E-state index in [0.29, 0.717) is 28.5 Å². The smallest absolute Gasteiger partial charge is 0.258 e. The van der Waals surface area contributed by atoms with Gasteiger partial charge in [-0.2, -0.15) is 0 Å². The third-order valence-electron chi connectivity index (χ3n) is 3.92. The molecule has 0 bridgehead atoms. The number of hydrogen-bond donors (Lipinski definition) is 3. The van der Waals surface area contributed by atoms with Crippen LogP contribution in [0.1, 0.15) is 34.6 Å². The summed E-state index contributed by atoms with van der Waals surface area (Å²) in [6.45, 7) is 2.93. The molecule has 3 N–H and O–H groups in total. The van der Waals surface area contributed by atoms with Crippen LogP contribution in [0.15, 0.2) is 60.9 Å². The summed E-state index contributed by atoms with van der Waals surface area (Å²) in [5.74, 6) is -0.201. The van der Waals surface area contributed by atoms with Crippen LogP contribution in [0.4, 0.5) is 23.0 Å². The molecule has 0 aliphatic carbocycles. The summed E-state index contributed by atoms with van der Waals surface area (Å²) in [6, 6.07) is 13.7. The average molecular weight is 389 g/mol. The number of aromatic nitrogens is 2. The van der Waals surface area contributed by atoms with Gasteiger partial charge in [-0.25, -0.2) is 9.97 Å². The van der Waals surface area contributed by atoms with Crippen LogP contribution in [0, 0.1) is 0 Å². The Hall–Kier alpha value is -4.07. The minimum absolute atomic E-state index is 0.0379. The van der Waals surface area contributed by atoms with Gasteiger partial charge in [0.25, 0.3) is 5.91 Å². The van der Waals surface area contributed by atoms with Crippen LogP contribution in [-0.4, -0.2) is 27.6 Å². The number of benzene rings is 2. The van der Waals surface area contributed by atoms with E-state index in [-0.39, 0.29) is 17.6 Å². The predicted molar refractivity (Wildman–Crippen MR) is 110 cm³/mol. The molecular weight excluding hydrogens is 370 g/mol. The highest BCUT2D eigenvalue weighted by molar-refractivity contribution is 6.04. The van der Waals surface area contributed by atoms with Crippen molar-refractivity contribution in [1.29, 1.82) is 0 Å². The number of rotatable bonds is 6. The Morgan fingerprint density at radius 3 is 1.76 bits per heavy atom. The van der Waals surface area contributed by atoms with Crippen LogP contribution in [0.25, 0.3) is 0 Å². The van der Waals surface area contributed by atoms with Crippen molar-refractivity contribution in [2.45, 2.75) is 13.8 Å². The van der Waals surface area contributed by atoms with Crippen LogP contribution >= 0.6 is 0 Å². The van der Waals surface area contributed by atoms with Crippen molar-refractivity contribution in [3.05, 3.63) is 72.1 Å². The summed E-state index contributed by atoms with van der Waals surface area (Å²) >= 11 is 0. The average Bonchev–Trinajstić information content (AvgIpc) is 2.70. The molecule has 2 aromatic carbocycles. The molecule has 8 heteroatoms. The molecule has 0 atom stereocenters. The summed E-state index contributed by atoms with van der Waals surface area (Å²) in [6.07, 6.45) is 2.83. The number of Topliss-reactive ketones (excluding diaryl/α,β-unsaturated/α-hetero) is 1. The van der Waals surface area contributed by atoms with Gasteiger partial charge in [0.2, 0.25) is 11.9 Å². The number of carbonyl (C=O) groups is 3. The van der Waals surface area contributed by atoms with Gasteiger partial charge >= 0.3 is 0 Å². The lowest BCUT2D eigenvalue weighted by atomic mass is 10.1. The van der Waals surface area contributed by atoms with E-state index in [1.54, 1.807) is 48.5 Å². The normalized spacial score (nSPS) is 10.1. The zero-order valence-electron chi connectivity index (χ0n) is 15.9. The largest absolute Gasteiger partial charge is 0.326 e. The predicted octanol–water partition coefficient (Wildman–Crippen LogP) is 3.63. The van der Waals surface area contributed by atoms with Gasteiger partial charge in [-0.05, 0) is 55.5 Å². The Bertz CT molecular complexity index is 1030. The van der Waals surface area contributed by atoms with Gasteiger partial charge in [0.1, 0.15) is 0 Å². The Morgan fingerprint density at radius 1 is 0.690 bits per heavy atom. The van der Waals surface area contributed by atoms with E-state index in [1.807, 2.05) is 0 Å². The van der Waals surface area contributed by atoms with E-state index in [4.69, 9.17) is 0 Å². The van der Waals surface area contributed by atoms with Crippen LogP contribution in [-0.2, 0) is 4.79 Å². The fourth-order valence-electron chi connectivity index (χ4n) is 2.47. The number of amides is 2. The van der Waals surface area contributed by atoms with Crippen molar-refractivity contribution in [2.24, 2.45) is 0 Å². The first-order chi connectivity index (χ1) is 13.9. The molecule has 3 aromatic rings. The maximum Gasteiger partial charge on any atom is 0.258 e. The summed E-state index contributed by atoms with van der Waals surface area (Å²) in [4.78, 5) is 42.9. The molecule has 8 nitrogen and oxygen atoms in total. The summed E-state index contributed by atoms with van der Waals surface area (Å²) in [5, 5.41) is 8.43. The molecule has 0 fully saturated rings. The molecule has 0 saturated heterocycles. The molecule has 0 saturated carbocycles. The van der Waals surface area contributed by atoms with Crippen molar-refractivity contribution < 1.29 is 14.4 Å². The van der Waals surface area contributed by atoms with Gasteiger partial charge in [0.05, 0.1) is 5.56 Å². The maximum absolute atomic E-state index is 12.3. The number of ketones is 1. The Labute approximate surface area is 167 Å². The van der Waals surface area contributed by atoms with E-state index in [2.05, 4.69) is 25.9 Å². The Morgan fingerprint density at radius 2 is 1.21 bits per heavy atom. The minimum atomic E-state index is -0.355. The highest BCUT2D eigenvalue weighted by Gasteiger charge is 2.09. The molecular formula is C21H19N5O3. The quantitative estimate of drug-likeness (QED) is 0.555. The highest BCUT2D eigenvalue weighted by atomic mass is 16.2. The summed E-state index contributed by atoms with van der Waals surface area (Å²) in [7, 11) is 0.